The van der Waals surface area contributed by atoms with E-state index in [1.165, 1.54) is 12.1 Å². The van der Waals surface area contributed by atoms with E-state index >= 15 is 0 Å². The lowest BCUT2D eigenvalue weighted by Gasteiger charge is -2.14. The van der Waals surface area contributed by atoms with Crippen molar-refractivity contribution < 1.29 is 22.4 Å². The van der Waals surface area contributed by atoms with Crippen molar-refractivity contribution in [2.75, 3.05) is 23.4 Å². The van der Waals surface area contributed by atoms with Crippen LogP contribution in [0.2, 0.25) is 0 Å². The summed E-state index contributed by atoms with van der Waals surface area (Å²) in [5.74, 6) is -1.75. The zero-order chi connectivity index (χ0) is 20.9. The largest absolute Gasteiger partial charge is 0.375 e. The second kappa shape index (κ2) is 8.83. The van der Waals surface area contributed by atoms with Crippen LogP contribution in [-0.2, 0) is 14.6 Å². The molecule has 0 saturated heterocycles. The average molecular weight is 407 g/mol. The zero-order valence-corrected chi connectivity index (χ0v) is 16.6. The molecule has 0 saturated carbocycles. The van der Waals surface area contributed by atoms with E-state index in [-0.39, 0.29) is 24.2 Å². The minimum atomic E-state index is -3.82. The molecule has 0 radical (unpaired) electrons. The molecule has 0 aliphatic carbocycles. The molecule has 0 aromatic heterocycles. The van der Waals surface area contributed by atoms with Gasteiger partial charge in [-0.05, 0) is 38.1 Å². The highest BCUT2D eigenvalue weighted by molar-refractivity contribution is 7.90. The number of rotatable bonds is 7. The van der Waals surface area contributed by atoms with Crippen LogP contribution >= 0.6 is 0 Å². The van der Waals surface area contributed by atoms with Gasteiger partial charge in [-0.3, -0.25) is 9.59 Å². The number of hydrogen-bond acceptors (Lipinski definition) is 5. The molecule has 0 fully saturated rings. The molecule has 2 aromatic carbocycles. The van der Waals surface area contributed by atoms with Gasteiger partial charge in [-0.1, -0.05) is 18.2 Å². The Morgan fingerprint density at radius 3 is 2.32 bits per heavy atom. The van der Waals surface area contributed by atoms with E-state index in [4.69, 9.17) is 0 Å². The van der Waals surface area contributed by atoms with Gasteiger partial charge in [0, 0.05) is 12.3 Å². The highest BCUT2D eigenvalue weighted by atomic mass is 32.2. The lowest BCUT2D eigenvalue weighted by molar-refractivity contribution is -0.114. The van der Waals surface area contributed by atoms with E-state index in [1.54, 1.807) is 24.3 Å². The number of benzene rings is 2. The second-order valence-electron chi connectivity index (χ2n) is 6.46. The summed E-state index contributed by atoms with van der Waals surface area (Å²) in [5, 5.41) is 7.98. The quantitative estimate of drug-likeness (QED) is 0.654. The Kier molecular flexibility index (Phi) is 6.74. The molecule has 150 valence electrons. The molecule has 9 heteroatoms. The topological polar surface area (TPSA) is 104 Å². The van der Waals surface area contributed by atoms with E-state index in [1.807, 2.05) is 13.8 Å². The highest BCUT2D eigenvalue weighted by Crippen LogP contribution is 2.24. The minimum absolute atomic E-state index is 0.0107. The van der Waals surface area contributed by atoms with Gasteiger partial charge in [-0.15, -0.1) is 0 Å². The van der Waals surface area contributed by atoms with E-state index in [9.17, 15) is 22.4 Å². The molecule has 2 aromatic rings. The lowest BCUT2D eigenvalue weighted by Crippen LogP contribution is -2.31. The highest BCUT2D eigenvalue weighted by Gasteiger charge is 2.19. The minimum Gasteiger partial charge on any atom is -0.375 e. The maximum Gasteiger partial charge on any atom is 0.253 e. The van der Waals surface area contributed by atoms with Crippen molar-refractivity contribution in [3.63, 3.8) is 0 Å². The molecule has 0 bridgehead atoms. The van der Waals surface area contributed by atoms with Crippen molar-refractivity contribution in [3.05, 3.63) is 53.8 Å². The molecule has 0 heterocycles. The Morgan fingerprint density at radius 2 is 1.68 bits per heavy atom. The summed E-state index contributed by atoms with van der Waals surface area (Å²) in [4.78, 5) is 24.0. The van der Waals surface area contributed by atoms with Crippen molar-refractivity contribution in [1.82, 2.24) is 5.32 Å². The molecule has 0 atom stereocenters. The number of sulfone groups is 1. The van der Waals surface area contributed by atoms with Gasteiger partial charge < -0.3 is 16.0 Å². The Bertz CT molecular complexity index is 990. The monoisotopic (exact) mass is 407 g/mol. The fourth-order valence-corrected chi connectivity index (χ4v) is 3.49. The molecule has 0 aliphatic rings. The molecular weight excluding hydrogens is 385 g/mol. The van der Waals surface area contributed by atoms with Gasteiger partial charge in [0.1, 0.15) is 10.7 Å². The van der Waals surface area contributed by atoms with Crippen LogP contribution in [0.3, 0.4) is 0 Å². The number of carbonyl (C=O) groups excluding carboxylic acids is 2. The summed E-state index contributed by atoms with van der Waals surface area (Å²) in [7, 11) is -3.82. The first kappa shape index (κ1) is 21.4. The van der Waals surface area contributed by atoms with Crippen LogP contribution in [0.4, 0.5) is 15.8 Å². The standard InChI is InChI=1S/C19H22FN3O4S/c1-12(2)22-19(25)13-7-4-5-9-15(13)23-17(24)11-21-16-10-6-8-14(20)18(16)28(3,26)27/h4-10,12,21H,11H2,1-3H3,(H,22,25)(H,23,24). The number of carbonyl (C=O) groups is 2. The molecule has 0 spiro atoms. The number of hydrogen-bond donors (Lipinski definition) is 3. The summed E-state index contributed by atoms with van der Waals surface area (Å²) in [5.41, 5.74) is 0.602. The van der Waals surface area contributed by atoms with Gasteiger partial charge in [-0.25, -0.2) is 12.8 Å². The van der Waals surface area contributed by atoms with Crippen molar-refractivity contribution in [3.8, 4) is 0 Å². The lowest BCUT2D eigenvalue weighted by atomic mass is 10.1. The smallest absolute Gasteiger partial charge is 0.253 e. The molecule has 28 heavy (non-hydrogen) atoms. The normalized spacial score (nSPS) is 11.2. The number of amides is 2. The summed E-state index contributed by atoms with van der Waals surface area (Å²) in [6, 6.07) is 10.2. The third kappa shape index (κ3) is 5.53. The van der Waals surface area contributed by atoms with Gasteiger partial charge >= 0.3 is 0 Å². The van der Waals surface area contributed by atoms with E-state index in [0.717, 1.165) is 12.3 Å². The Labute approximate surface area is 163 Å². The van der Waals surface area contributed by atoms with Crippen molar-refractivity contribution in [1.29, 1.82) is 0 Å². The van der Waals surface area contributed by atoms with E-state index in [0.29, 0.717) is 11.3 Å². The van der Waals surface area contributed by atoms with Crippen LogP contribution in [0.15, 0.2) is 47.4 Å². The number of halogens is 1. The summed E-state index contributed by atoms with van der Waals surface area (Å²) < 4.78 is 37.5. The number of anilines is 2. The summed E-state index contributed by atoms with van der Waals surface area (Å²) >= 11 is 0. The summed E-state index contributed by atoms with van der Waals surface area (Å²) in [6.07, 6.45) is 0.889. The van der Waals surface area contributed by atoms with E-state index in [2.05, 4.69) is 16.0 Å². The fourth-order valence-electron chi connectivity index (χ4n) is 2.52. The molecule has 0 unspecified atom stereocenters. The maximum absolute atomic E-state index is 13.9. The number of para-hydroxylation sites is 1. The van der Waals surface area contributed by atoms with Gasteiger partial charge in [0.25, 0.3) is 5.91 Å². The fraction of sp³-hybridized carbons (Fsp3) is 0.263. The van der Waals surface area contributed by atoms with Crippen LogP contribution in [0.25, 0.3) is 0 Å². The molecule has 2 amide bonds. The number of nitrogens with one attached hydrogen (secondary N) is 3. The molecular formula is C19H22FN3O4S. The average Bonchev–Trinajstić information content (AvgIpc) is 2.58. The third-order valence-corrected chi connectivity index (χ3v) is 4.80. The third-order valence-electron chi connectivity index (χ3n) is 3.64. The Hall–Kier alpha value is -2.94. The van der Waals surface area contributed by atoms with Crippen LogP contribution in [0.5, 0.6) is 0 Å². The zero-order valence-electron chi connectivity index (χ0n) is 15.7. The maximum atomic E-state index is 13.9. The molecule has 0 aliphatic heterocycles. The molecule has 2 rings (SSSR count). The Morgan fingerprint density at radius 1 is 1.04 bits per heavy atom. The van der Waals surface area contributed by atoms with Gasteiger partial charge in [0.05, 0.1) is 23.5 Å². The first-order valence-corrected chi connectivity index (χ1v) is 10.4. The van der Waals surface area contributed by atoms with Crippen LogP contribution in [0.1, 0.15) is 24.2 Å². The first-order valence-electron chi connectivity index (χ1n) is 8.51. The van der Waals surface area contributed by atoms with Gasteiger partial charge in [0.2, 0.25) is 5.91 Å². The molecule has 3 N–H and O–H groups in total. The molecule has 7 nitrogen and oxygen atoms in total. The predicted molar refractivity (Wildman–Crippen MR) is 106 cm³/mol. The van der Waals surface area contributed by atoms with Crippen molar-refractivity contribution >= 4 is 33.0 Å². The SMILES string of the molecule is CC(C)NC(=O)c1ccccc1NC(=O)CNc1cccc(F)c1S(C)(=O)=O. The van der Waals surface area contributed by atoms with Crippen LogP contribution < -0.4 is 16.0 Å². The Balaban J connectivity index is 2.13. The van der Waals surface area contributed by atoms with Gasteiger partial charge in [0.15, 0.2) is 9.84 Å². The summed E-state index contributed by atoms with van der Waals surface area (Å²) in [6.45, 7) is 3.33. The van der Waals surface area contributed by atoms with Crippen molar-refractivity contribution in [2.24, 2.45) is 0 Å². The second-order valence-corrected chi connectivity index (χ2v) is 8.42. The van der Waals surface area contributed by atoms with E-state index < -0.39 is 26.5 Å². The predicted octanol–water partition coefficient (Wildman–Crippen LogP) is 2.42. The van der Waals surface area contributed by atoms with Crippen LogP contribution in [0, 0.1) is 5.82 Å². The first-order chi connectivity index (χ1) is 13.1. The van der Waals surface area contributed by atoms with Gasteiger partial charge in [-0.2, -0.15) is 0 Å². The van der Waals surface area contributed by atoms with Crippen LogP contribution in [-0.4, -0.2) is 39.1 Å². The van der Waals surface area contributed by atoms with Crippen molar-refractivity contribution in [2.45, 2.75) is 24.8 Å².